The Morgan fingerprint density at radius 2 is 2.15 bits per heavy atom. The second-order valence-electron chi connectivity index (χ2n) is 5.27. The summed E-state index contributed by atoms with van der Waals surface area (Å²) in [4.78, 5) is 18.2. The van der Waals surface area contributed by atoms with Crippen molar-refractivity contribution in [2.45, 2.75) is 19.8 Å². The van der Waals surface area contributed by atoms with Gasteiger partial charge in [-0.2, -0.15) is 0 Å². The molecular formula is C14H19Cl2N3O. The van der Waals surface area contributed by atoms with Crippen molar-refractivity contribution < 1.29 is 4.79 Å². The molecule has 1 aliphatic heterocycles. The zero-order valence-corrected chi connectivity index (χ0v) is 13.0. The first-order valence-electron chi connectivity index (χ1n) is 6.88. The molecule has 1 aromatic rings. The maximum atomic E-state index is 12.0. The molecule has 2 heterocycles. The first-order valence-corrected chi connectivity index (χ1v) is 7.63. The highest BCUT2D eigenvalue weighted by Gasteiger charge is 2.16. The number of likely N-dealkylation sites (tertiary alicyclic amines) is 1. The number of halogens is 2. The molecule has 20 heavy (non-hydrogen) atoms. The van der Waals surface area contributed by atoms with Gasteiger partial charge in [0.25, 0.3) is 5.91 Å². The van der Waals surface area contributed by atoms with E-state index in [1.54, 1.807) is 0 Å². The molecule has 0 saturated carbocycles. The average Bonchev–Trinajstić information content (AvgIpc) is 2.43. The van der Waals surface area contributed by atoms with E-state index in [-0.39, 0.29) is 11.1 Å². The zero-order valence-electron chi connectivity index (χ0n) is 11.5. The molecule has 0 unspecified atom stereocenters. The summed E-state index contributed by atoms with van der Waals surface area (Å²) in [6, 6.07) is 1.49. The third-order valence-corrected chi connectivity index (χ3v) is 4.16. The minimum absolute atomic E-state index is 0.204. The predicted molar refractivity (Wildman–Crippen MR) is 81.4 cm³/mol. The van der Waals surface area contributed by atoms with Gasteiger partial charge >= 0.3 is 0 Å². The Bertz CT molecular complexity index is 473. The summed E-state index contributed by atoms with van der Waals surface area (Å²) in [5.41, 5.74) is 0.374. The van der Waals surface area contributed by atoms with Crippen LogP contribution >= 0.6 is 23.2 Å². The van der Waals surface area contributed by atoms with Crippen LogP contribution in [0.2, 0.25) is 10.2 Å². The third-order valence-electron chi connectivity index (χ3n) is 3.66. The van der Waals surface area contributed by atoms with E-state index in [2.05, 4.69) is 22.1 Å². The lowest BCUT2D eigenvalue weighted by atomic mass is 9.99. The number of carbonyl (C=O) groups is 1. The van der Waals surface area contributed by atoms with Crippen LogP contribution in [0.4, 0.5) is 0 Å². The number of amides is 1. The molecule has 1 saturated heterocycles. The first kappa shape index (κ1) is 15.5. The number of pyridine rings is 1. The average molecular weight is 316 g/mol. The fourth-order valence-corrected chi connectivity index (χ4v) is 2.64. The largest absolute Gasteiger partial charge is 0.351 e. The third kappa shape index (κ3) is 4.33. The number of nitrogens with zero attached hydrogens (tertiary/aromatic N) is 2. The summed E-state index contributed by atoms with van der Waals surface area (Å²) in [6.07, 6.45) is 3.87. The van der Waals surface area contributed by atoms with Gasteiger partial charge in [-0.05, 0) is 37.9 Å². The van der Waals surface area contributed by atoms with E-state index in [0.717, 1.165) is 25.6 Å². The van der Waals surface area contributed by atoms with Gasteiger partial charge in [0.2, 0.25) is 0 Å². The van der Waals surface area contributed by atoms with Crippen molar-refractivity contribution in [3.63, 3.8) is 0 Å². The van der Waals surface area contributed by atoms with Crippen LogP contribution in [0, 0.1) is 5.92 Å². The van der Waals surface area contributed by atoms with Crippen molar-refractivity contribution >= 4 is 29.1 Å². The van der Waals surface area contributed by atoms with Gasteiger partial charge in [0.1, 0.15) is 5.15 Å². The van der Waals surface area contributed by atoms with Gasteiger partial charge in [-0.15, -0.1) is 0 Å². The van der Waals surface area contributed by atoms with Crippen LogP contribution in [-0.4, -0.2) is 42.0 Å². The van der Waals surface area contributed by atoms with Crippen molar-refractivity contribution in [3.05, 3.63) is 28.0 Å². The fourth-order valence-electron chi connectivity index (χ4n) is 2.30. The van der Waals surface area contributed by atoms with Gasteiger partial charge in [0, 0.05) is 19.3 Å². The summed E-state index contributed by atoms with van der Waals surface area (Å²) in [5.74, 6) is 0.614. The van der Waals surface area contributed by atoms with Crippen LogP contribution in [0.25, 0.3) is 0 Å². The van der Waals surface area contributed by atoms with Crippen molar-refractivity contribution in [3.8, 4) is 0 Å². The van der Waals surface area contributed by atoms with Gasteiger partial charge in [0.15, 0.2) is 0 Å². The Morgan fingerprint density at radius 1 is 1.45 bits per heavy atom. The lowest BCUT2D eigenvalue weighted by Crippen LogP contribution is -2.39. The van der Waals surface area contributed by atoms with Crippen LogP contribution in [0.15, 0.2) is 12.3 Å². The maximum Gasteiger partial charge on any atom is 0.253 e. The van der Waals surface area contributed by atoms with Crippen LogP contribution < -0.4 is 5.32 Å². The Labute approximate surface area is 129 Å². The smallest absolute Gasteiger partial charge is 0.253 e. The van der Waals surface area contributed by atoms with E-state index in [4.69, 9.17) is 23.2 Å². The number of aromatic nitrogens is 1. The van der Waals surface area contributed by atoms with Crippen molar-refractivity contribution in [2.75, 3.05) is 26.2 Å². The molecule has 0 bridgehead atoms. The highest BCUT2D eigenvalue weighted by atomic mass is 35.5. The molecule has 1 fully saturated rings. The summed E-state index contributed by atoms with van der Waals surface area (Å²) in [5, 5.41) is 3.46. The zero-order chi connectivity index (χ0) is 14.5. The van der Waals surface area contributed by atoms with Crippen LogP contribution in [0.1, 0.15) is 30.1 Å². The minimum Gasteiger partial charge on any atom is -0.351 e. The number of rotatable bonds is 4. The Kier molecular flexibility index (Phi) is 5.64. The van der Waals surface area contributed by atoms with E-state index in [0.29, 0.717) is 17.1 Å². The minimum atomic E-state index is -0.204. The van der Waals surface area contributed by atoms with Gasteiger partial charge < -0.3 is 10.2 Å². The summed E-state index contributed by atoms with van der Waals surface area (Å²) in [7, 11) is 0. The SMILES string of the molecule is CC1CCN(CCNC(=O)c2cc(Cl)ncc2Cl)CC1. The summed E-state index contributed by atoms with van der Waals surface area (Å²) < 4.78 is 0. The van der Waals surface area contributed by atoms with Crippen molar-refractivity contribution in [2.24, 2.45) is 5.92 Å². The number of hydrogen-bond donors (Lipinski definition) is 1. The Balaban J connectivity index is 1.79. The number of piperidine rings is 1. The van der Waals surface area contributed by atoms with E-state index < -0.39 is 0 Å². The molecule has 0 aromatic carbocycles. The van der Waals surface area contributed by atoms with E-state index >= 15 is 0 Å². The Hall–Kier alpha value is -0.840. The van der Waals surface area contributed by atoms with Crippen LogP contribution in [0.3, 0.4) is 0 Å². The van der Waals surface area contributed by atoms with E-state index in [1.165, 1.54) is 25.1 Å². The lowest BCUT2D eigenvalue weighted by molar-refractivity contribution is 0.0944. The normalized spacial score (nSPS) is 17.1. The monoisotopic (exact) mass is 315 g/mol. The molecule has 1 aromatic heterocycles. The molecule has 0 aliphatic carbocycles. The number of hydrogen-bond acceptors (Lipinski definition) is 3. The van der Waals surface area contributed by atoms with Crippen LogP contribution in [0.5, 0.6) is 0 Å². The number of nitrogens with one attached hydrogen (secondary N) is 1. The van der Waals surface area contributed by atoms with E-state index in [9.17, 15) is 4.79 Å². The Morgan fingerprint density at radius 3 is 2.85 bits per heavy atom. The van der Waals surface area contributed by atoms with Gasteiger partial charge in [-0.1, -0.05) is 30.1 Å². The summed E-state index contributed by atoms with van der Waals surface area (Å²) >= 11 is 11.7. The molecule has 110 valence electrons. The molecule has 1 aliphatic rings. The van der Waals surface area contributed by atoms with Crippen molar-refractivity contribution in [1.29, 1.82) is 0 Å². The van der Waals surface area contributed by atoms with E-state index in [1.807, 2.05) is 0 Å². The fraction of sp³-hybridized carbons (Fsp3) is 0.571. The molecular weight excluding hydrogens is 297 g/mol. The quantitative estimate of drug-likeness (QED) is 0.869. The molecule has 0 spiro atoms. The first-order chi connectivity index (χ1) is 9.56. The molecule has 1 amide bonds. The molecule has 2 rings (SSSR count). The second kappa shape index (κ2) is 7.25. The molecule has 6 heteroatoms. The topological polar surface area (TPSA) is 45.2 Å². The molecule has 0 atom stereocenters. The molecule has 0 radical (unpaired) electrons. The lowest BCUT2D eigenvalue weighted by Gasteiger charge is -2.30. The van der Waals surface area contributed by atoms with Gasteiger partial charge in [0.05, 0.1) is 10.6 Å². The standard InChI is InChI=1S/C14H19Cl2N3O/c1-10-2-5-19(6-3-10)7-4-17-14(20)11-8-13(16)18-9-12(11)15/h8-10H,2-7H2,1H3,(H,17,20). The molecule has 4 nitrogen and oxygen atoms in total. The van der Waals surface area contributed by atoms with Gasteiger partial charge in [-0.25, -0.2) is 4.98 Å². The van der Waals surface area contributed by atoms with Gasteiger partial charge in [-0.3, -0.25) is 4.79 Å². The van der Waals surface area contributed by atoms with Crippen molar-refractivity contribution in [1.82, 2.24) is 15.2 Å². The van der Waals surface area contributed by atoms with Crippen LogP contribution in [-0.2, 0) is 0 Å². The highest BCUT2D eigenvalue weighted by Crippen LogP contribution is 2.18. The maximum absolute atomic E-state index is 12.0. The second-order valence-corrected chi connectivity index (χ2v) is 6.06. The number of carbonyl (C=O) groups excluding carboxylic acids is 1. The predicted octanol–water partition coefficient (Wildman–Crippen LogP) is 2.85. The summed E-state index contributed by atoms with van der Waals surface area (Å²) in [6.45, 7) is 5.99. The molecule has 1 N–H and O–H groups in total. The highest BCUT2D eigenvalue weighted by molar-refractivity contribution is 6.35.